The minimum atomic E-state index is -3.46. The van der Waals surface area contributed by atoms with Crippen LogP contribution in [0.15, 0.2) is 47.4 Å². The number of hydrogen-bond acceptors (Lipinski definition) is 3. The van der Waals surface area contributed by atoms with E-state index in [1.165, 1.54) is 4.31 Å². The molecule has 0 saturated carbocycles. The Morgan fingerprint density at radius 3 is 2.50 bits per heavy atom. The van der Waals surface area contributed by atoms with E-state index in [0.29, 0.717) is 18.0 Å². The van der Waals surface area contributed by atoms with Crippen molar-refractivity contribution in [2.45, 2.75) is 23.8 Å². The molecule has 0 aromatic heterocycles. The SMILES string of the molecule is CCC1(N)CN(S(=O)(=O)c2cccc3ccccc23)C1. The Hall–Kier alpha value is -1.43. The van der Waals surface area contributed by atoms with Crippen molar-refractivity contribution in [2.24, 2.45) is 5.73 Å². The first-order chi connectivity index (χ1) is 9.46. The minimum Gasteiger partial charge on any atom is -0.323 e. The van der Waals surface area contributed by atoms with Crippen molar-refractivity contribution in [1.82, 2.24) is 4.31 Å². The Morgan fingerprint density at radius 1 is 1.15 bits per heavy atom. The molecule has 0 bridgehead atoms. The molecule has 1 aliphatic heterocycles. The third-order valence-corrected chi connectivity index (χ3v) is 5.90. The second-order valence-corrected chi connectivity index (χ2v) is 7.37. The van der Waals surface area contributed by atoms with Crippen molar-refractivity contribution >= 4 is 20.8 Å². The standard InChI is InChI=1S/C15H18N2O2S/c1-2-15(16)10-17(11-15)20(18,19)14-9-5-7-12-6-3-4-8-13(12)14/h3-9H,2,10-11,16H2,1H3. The summed E-state index contributed by atoms with van der Waals surface area (Å²) in [5.74, 6) is 0. The Morgan fingerprint density at radius 2 is 1.80 bits per heavy atom. The third kappa shape index (κ3) is 2.02. The molecule has 4 nitrogen and oxygen atoms in total. The molecule has 0 amide bonds. The van der Waals surface area contributed by atoms with Gasteiger partial charge in [-0.15, -0.1) is 0 Å². The second-order valence-electron chi connectivity index (χ2n) is 5.47. The summed E-state index contributed by atoms with van der Waals surface area (Å²) in [5.41, 5.74) is 5.71. The van der Waals surface area contributed by atoms with Gasteiger partial charge in [-0.2, -0.15) is 4.31 Å². The highest BCUT2D eigenvalue weighted by atomic mass is 32.2. The van der Waals surface area contributed by atoms with Crippen LogP contribution in [0.5, 0.6) is 0 Å². The molecule has 5 heteroatoms. The molecule has 106 valence electrons. The number of rotatable bonds is 3. The van der Waals surface area contributed by atoms with Gasteiger partial charge >= 0.3 is 0 Å². The first-order valence-corrected chi connectivity index (χ1v) is 8.17. The molecular weight excluding hydrogens is 272 g/mol. The zero-order valence-corrected chi connectivity index (χ0v) is 12.2. The van der Waals surface area contributed by atoms with Crippen molar-refractivity contribution in [3.05, 3.63) is 42.5 Å². The van der Waals surface area contributed by atoms with Crippen LogP contribution in [-0.4, -0.2) is 31.4 Å². The highest BCUT2D eigenvalue weighted by molar-refractivity contribution is 7.89. The summed E-state index contributed by atoms with van der Waals surface area (Å²) in [6.07, 6.45) is 0.786. The van der Waals surface area contributed by atoms with Gasteiger partial charge < -0.3 is 5.73 Å². The molecule has 0 unspecified atom stereocenters. The molecular formula is C15H18N2O2S. The highest BCUT2D eigenvalue weighted by Crippen LogP contribution is 2.31. The molecule has 20 heavy (non-hydrogen) atoms. The van der Waals surface area contributed by atoms with Crippen LogP contribution in [0.25, 0.3) is 10.8 Å². The zero-order chi connectivity index (χ0) is 14.4. The molecule has 0 radical (unpaired) electrons. The summed E-state index contributed by atoms with van der Waals surface area (Å²) < 4.78 is 26.9. The van der Waals surface area contributed by atoms with E-state index in [-0.39, 0.29) is 5.54 Å². The highest BCUT2D eigenvalue weighted by Gasteiger charge is 2.44. The van der Waals surface area contributed by atoms with Gasteiger partial charge in [-0.25, -0.2) is 8.42 Å². The summed E-state index contributed by atoms with van der Waals surface area (Å²) in [6, 6.07) is 12.9. The van der Waals surface area contributed by atoms with E-state index in [1.54, 1.807) is 12.1 Å². The van der Waals surface area contributed by atoms with Gasteiger partial charge in [-0.05, 0) is 17.9 Å². The lowest BCUT2D eigenvalue weighted by molar-refractivity contribution is 0.153. The fraction of sp³-hybridized carbons (Fsp3) is 0.333. The third-order valence-electron chi connectivity index (χ3n) is 4.05. The number of fused-ring (bicyclic) bond motifs is 1. The molecule has 1 heterocycles. The maximum atomic E-state index is 12.7. The largest absolute Gasteiger partial charge is 0.323 e. The summed E-state index contributed by atoms with van der Waals surface area (Å²) in [4.78, 5) is 0.369. The molecule has 0 spiro atoms. The average molecular weight is 290 g/mol. The molecule has 1 aliphatic rings. The van der Waals surface area contributed by atoms with Crippen LogP contribution in [0.3, 0.4) is 0 Å². The van der Waals surface area contributed by atoms with Crippen molar-refractivity contribution in [3.8, 4) is 0 Å². The van der Waals surface area contributed by atoms with E-state index in [4.69, 9.17) is 5.73 Å². The predicted octanol–water partition coefficient (Wildman–Crippen LogP) is 1.95. The number of benzene rings is 2. The Balaban J connectivity index is 2.03. The zero-order valence-electron chi connectivity index (χ0n) is 11.4. The quantitative estimate of drug-likeness (QED) is 0.939. The van der Waals surface area contributed by atoms with E-state index in [0.717, 1.165) is 17.2 Å². The summed E-state index contributed by atoms with van der Waals surface area (Å²) in [6.45, 7) is 2.78. The van der Waals surface area contributed by atoms with E-state index < -0.39 is 10.0 Å². The van der Waals surface area contributed by atoms with Gasteiger partial charge in [0, 0.05) is 24.0 Å². The molecule has 0 atom stereocenters. The van der Waals surface area contributed by atoms with E-state index in [2.05, 4.69) is 0 Å². The summed E-state index contributed by atoms with van der Waals surface area (Å²) in [7, 11) is -3.46. The van der Waals surface area contributed by atoms with Crippen molar-refractivity contribution < 1.29 is 8.42 Å². The summed E-state index contributed by atoms with van der Waals surface area (Å²) >= 11 is 0. The molecule has 3 rings (SSSR count). The molecule has 1 saturated heterocycles. The number of hydrogen-bond donors (Lipinski definition) is 1. The molecule has 2 aromatic rings. The van der Waals surface area contributed by atoms with Gasteiger partial charge in [-0.3, -0.25) is 0 Å². The van der Waals surface area contributed by atoms with Crippen LogP contribution in [0, 0.1) is 0 Å². The molecule has 0 aliphatic carbocycles. The van der Waals surface area contributed by atoms with Crippen molar-refractivity contribution in [1.29, 1.82) is 0 Å². The fourth-order valence-electron chi connectivity index (χ4n) is 2.61. The van der Waals surface area contributed by atoms with Crippen LogP contribution < -0.4 is 5.73 Å². The van der Waals surface area contributed by atoms with Crippen LogP contribution in [0.2, 0.25) is 0 Å². The Kier molecular flexibility index (Phi) is 3.08. The first kappa shape index (κ1) is 13.5. The molecule has 2 aromatic carbocycles. The van der Waals surface area contributed by atoms with Gasteiger partial charge in [-0.1, -0.05) is 43.3 Å². The van der Waals surface area contributed by atoms with Crippen LogP contribution in [-0.2, 0) is 10.0 Å². The van der Waals surface area contributed by atoms with Gasteiger partial charge in [0.1, 0.15) is 0 Å². The first-order valence-electron chi connectivity index (χ1n) is 6.73. The smallest absolute Gasteiger partial charge is 0.243 e. The van der Waals surface area contributed by atoms with E-state index in [1.807, 2.05) is 37.3 Å². The topological polar surface area (TPSA) is 63.4 Å². The maximum Gasteiger partial charge on any atom is 0.243 e. The predicted molar refractivity (Wildman–Crippen MR) is 79.9 cm³/mol. The van der Waals surface area contributed by atoms with E-state index in [9.17, 15) is 8.42 Å². The van der Waals surface area contributed by atoms with Gasteiger partial charge in [0.15, 0.2) is 0 Å². The normalized spacial score (nSPS) is 18.9. The van der Waals surface area contributed by atoms with Gasteiger partial charge in [0.05, 0.1) is 4.90 Å². The number of nitrogens with two attached hydrogens (primary N) is 1. The van der Waals surface area contributed by atoms with Crippen LogP contribution >= 0.6 is 0 Å². The molecule has 2 N–H and O–H groups in total. The Labute approximate surface area is 119 Å². The van der Waals surface area contributed by atoms with Crippen LogP contribution in [0.1, 0.15) is 13.3 Å². The van der Waals surface area contributed by atoms with Gasteiger partial charge in [0.2, 0.25) is 10.0 Å². The fourth-order valence-corrected chi connectivity index (χ4v) is 4.46. The second kappa shape index (κ2) is 4.55. The average Bonchev–Trinajstić information content (AvgIpc) is 2.43. The van der Waals surface area contributed by atoms with Gasteiger partial charge in [0.25, 0.3) is 0 Å². The lowest BCUT2D eigenvalue weighted by atomic mass is 9.91. The number of nitrogens with zero attached hydrogens (tertiary/aromatic N) is 1. The monoisotopic (exact) mass is 290 g/mol. The molecule has 1 fully saturated rings. The van der Waals surface area contributed by atoms with Crippen molar-refractivity contribution in [3.63, 3.8) is 0 Å². The lowest BCUT2D eigenvalue weighted by Crippen LogP contribution is -2.68. The van der Waals surface area contributed by atoms with E-state index >= 15 is 0 Å². The number of sulfonamides is 1. The van der Waals surface area contributed by atoms with Crippen molar-refractivity contribution in [2.75, 3.05) is 13.1 Å². The maximum absolute atomic E-state index is 12.7. The summed E-state index contributed by atoms with van der Waals surface area (Å²) in [5, 5.41) is 1.70. The Bertz CT molecular complexity index is 744. The van der Waals surface area contributed by atoms with Crippen LogP contribution in [0.4, 0.5) is 0 Å². The minimum absolute atomic E-state index is 0.363. The lowest BCUT2D eigenvalue weighted by Gasteiger charge is -2.46.